The summed E-state index contributed by atoms with van der Waals surface area (Å²) in [4.78, 5) is 13.2. The molecule has 0 saturated carbocycles. The number of rotatable bonds is 3. The van der Waals surface area contributed by atoms with Crippen LogP contribution in [0.15, 0.2) is 0 Å². The number of carbonyl (C=O) groups is 1. The first-order valence-corrected chi connectivity index (χ1v) is 4.47. The lowest BCUT2D eigenvalue weighted by Crippen LogP contribution is -2.37. The fourth-order valence-corrected chi connectivity index (χ4v) is 1.46. The minimum Gasteiger partial charge on any atom is -0.355 e. The average molecular weight is 171 g/mol. The summed E-state index contributed by atoms with van der Waals surface area (Å²) in [6.45, 7) is 4.95. The maximum Gasteiger partial charge on any atom is 0.234 e. The van der Waals surface area contributed by atoms with Gasteiger partial charge in [0.05, 0.1) is 6.54 Å². The van der Waals surface area contributed by atoms with E-state index in [1.165, 1.54) is 0 Å². The minimum absolute atomic E-state index is 0.103. The van der Waals surface area contributed by atoms with E-state index in [1.807, 2.05) is 6.92 Å². The highest BCUT2D eigenvalue weighted by atomic mass is 16.2. The molecular weight excluding hydrogens is 154 g/mol. The molecule has 0 aliphatic carbocycles. The topological polar surface area (TPSA) is 58.4 Å². The van der Waals surface area contributed by atoms with Crippen molar-refractivity contribution in [1.29, 1.82) is 0 Å². The van der Waals surface area contributed by atoms with E-state index in [9.17, 15) is 4.79 Å². The van der Waals surface area contributed by atoms with E-state index in [2.05, 4.69) is 10.2 Å². The summed E-state index contributed by atoms with van der Waals surface area (Å²) >= 11 is 0. The maximum absolute atomic E-state index is 11.1. The van der Waals surface area contributed by atoms with Gasteiger partial charge in [0.2, 0.25) is 5.91 Å². The summed E-state index contributed by atoms with van der Waals surface area (Å²) in [6, 6.07) is 0.263. The molecule has 4 heteroatoms. The monoisotopic (exact) mass is 171 g/mol. The first-order valence-electron chi connectivity index (χ1n) is 4.47. The number of likely N-dealkylation sites (tertiary alicyclic amines) is 1. The highest BCUT2D eigenvalue weighted by molar-refractivity contribution is 5.77. The molecule has 1 saturated heterocycles. The molecule has 12 heavy (non-hydrogen) atoms. The fraction of sp³-hybridized carbons (Fsp3) is 0.875. The van der Waals surface area contributed by atoms with Crippen LogP contribution in [0.25, 0.3) is 0 Å². The van der Waals surface area contributed by atoms with Crippen LogP contribution in [0.1, 0.15) is 13.3 Å². The van der Waals surface area contributed by atoms with Gasteiger partial charge >= 0.3 is 0 Å². The second-order valence-electron chi connectivity index (χ2n) is 3.24. The van der Waals surface area contributed by atoms with Crippen LogP contribution < -0.4 is 11.1 Å². The Hall–Kier alpha value is -0.610. The standard InChI is InChI=1S/C8H17N3O/c1-2-10-8(12)6-11-4-3-7(9)5-11/h7H,2-6,9H2,1H3,(H,10,12). The maximum atomic E-state index is 11.1. The fourth-order valence-electron chi connectivity index (χ4n) is 1.46. The number of carbonyl (C=O) groups excluding carboxylic acids is 1. The Morgan fingerprint density at radius 3 is 3.00 bits per heavy atom. The van der Waals surface area contributed by atoms with Gasteiger partial charge in [-0.05, 0) is 13.3 Å². The van der Waals surface area contributed by atoms with Crippen LogP contribution in [0.5, 0.6) is 0 Å². The van der Waals surface area contributed by atoms with Gasteiger partial charge in [0.25, 0.3) is 0 Å². The van der Waals surface area contributed by atoms with Gasteiger partial charge in [0, 0.05) is 25.7 Å². The third-order valence-electron chi connectivity index (χ3n) is 2.05. The van der Waals surface area contributed by atoms with E-state index in [-0.39, 0.29) is 11.9 Å². The highest BCUT2D eigenvalue weighted by Crippen LogP contribution is 2.05. The smallest absolute Gasteiger partial charge is 0.234 e. The molecule has 1 aliphatic heterocycles. The largest absolute Gasteiger partial charge is 0.355 e. The molecule has 1 amide bonds. The summed E-state index contributed by atoms with van der Waals surface area (Å²) in [6.07, 6.45) is 1.01. The van der Waals surface area contributed by atoms with Gasteiger partial charge in [-0.25, -0.2) is 0 Å². The molecule has 4 nitrogen and oxygen atoms in total. The van der Waals surface area contributed by atoms with Crippen LogP contribution in [0.2, 0.25) is 0 Å². The zero-order chi connectivity index (χ0) is 8.97. The van der Waals surface area contributed by atoms with Crippen LogP contribution in [-0.2, 0) is 4.79 Å². The number of amides is 1. The van der Waals surface area contributed by atoms with Crippen molar-refractivity contribution in [2.24, 2.45) is 5.73 Å². The molecule has 1 heterocycles. The first-order chi connectivity index (χ1) is 5.72. The van der Waals surface area contributed by atoms with Crippen LogP contribution in [0.3, 0.4) is 0 Å². The lowest BCUT2D eigenvalue weighted by molar-refractivity contribution is -0.121. The zero-order valence-corrected chi connectivity index (χ0v) is 7.55. The van der Waals surface area contributed by atoms with Crippen molar-refractivity contribution in [3.05, 3.63) is 0 Å². The van der Waals surface area contributed by atoms with E-state index in [1.54, 1.807) is 0 Å². The number of likely N-dealkylation sites (N-methyl/N-ethyl adjacent to an activating group) is 1. The van der Waals surface area contributed by atoms with Crippen molar-refractivity contribution >= 4 is 5.91 Å². The lowest BCUT2D eigenvalue weighted by atomic mass is 10.3. The average Bonchev–Trinajstić information content (AvgIpc) is 2.36. The van der Waals surface area contributed by atoms with E-state index in [4.69, 9.17) is 5.73 Å². The number of nitrogens with two attached hydrogens (primary N) is 1. The summed E-state index contributed by atoms with van der Waals surface area (Å²) < 4.78 is 0. The Morgan fingerprint density at radius 2 is 2.50 bits per heavy atom. The Morgan fingerprint density at radius 1 is 1.75 bits per heavy atom. The van der Waals surface area contributed by atoms with E-state index in [0.717, 1.165) is 19.5 Å². The Bertz CT molecular complexity index is 160. The van der Waals surface area contributed by atoms with Gasteiger partial charge in [0.15, 0.2) is 0 Å². The summed E-state index contributed by atoms with van der Waals surface area (Å²) in [5, 5.41) is 2.77. The van der Waals surface area contributed by atoms with Gasteiger partial charge in [-0.2, -0.15) is 0 Å². The first kappa shape index (κ1) is 9.48. The summed E-state index contributed by atoms with van der Waals surface area (Å²) in [5.74, 6) is 0.103. The Balaban J connectivity index is 2.18. The number of hydrogen-bond acceptors (Lipinski definition) is 3. The molecule has 1 fully saturated rings. The number of hydrogen-bond donors (Lipinski definition) is 2. The van der Waals surface area contributed by atoms with E-state index < -0.39 is 0 Å². The Kier molecular flexibility index (Phi) is 3.49. The van der Waals surface area contributed by atoms with Crippen LogP contribution in [0.4, 0.5) is 0 Å². The molecule has 1 unspecified atom stereocenters. The molecule has 0 radical (unpaired) electrons. The Labute approximate surface area is 73.1 Å². The second kappa shape index (κ2) is 4.42. The molecule has 0 aromatic carbocycles. The predicted octanol–water partition coefficient (Wildman–Crippen LogP) is -0.844. The van der Waals surface area contributed by atoms with Gasteiger partial charge < -0.3 is 11.1 Å². The lowest BCUT2D eigenvalue weighted by Gasteiger charge is -2.13. The van der Waals surface area contributed by atoms with Gasteiger partial charge in [-0.3, -0.25) is 9.69 Å². The van der Waals surface area contributed by atoms with Crippen LogP contribution >= 0.6 is 0 Å². The quantitative estimate of drug-likeness (QED) is 0.582. The minimum atomic E-state index is 0.103. The zero-order valence-electron chi connectivity index (χ0n) is 7.55. The van der Waals surface area contributed by atoms with Gasteiger partial charge in [0.1, 0.15) is 0 Å². The molecular formula is C8H17N3O. The van der Waals surface area contributed by atoms with Crippen molar-refractivity contribution in [1.82, 2.24) is 10.2 Å². The van der Waals surface area contributed by atoms with Crippen molar-refractivity contribution in [2.45, 2.75) is 19.4 Å². The molecule has 0 aromatic rings. The third kappa shape index (κ3) is 2.79. The summed E-state index contributed by atoms with van der Waals surface area (Å²) in [5.41, 5.74) is 5.70. The highest BCUT2D eigenvalue weighted by Gasteiger charge is 2.20. The summed E-state index contributed by atoms with van der Waals surface area (Å²) in [7, 11) is 0. The van der Waals surface area contributed by atoms with Gasteiger partial charge in [-0.1, -0.05) is 0 Å². The molecule has 0 bridgehead atoms. The SMILES string of the molecule is CCNC(=O)CN1CCC(N)C1. The van der Waals surface area contributed by atoms with E-state index >= 15 is 0 Å². The predicted molar refractivity (Wildman–Crippen MR) is 47.7 cm³/mol. The third-order valence-corrected chi connectivity index (χ3v) is 2.05. The van der Waals surface area contributed by atoms with Crippen molar-refractivity contribution in [2.75, 3.05) is 26.2 Å². The molecule has 1 aliphatic rings. The van der Waals surface area contributed by atoms with Gasteiger partial charge in [-0.15, -0.1) is 0 Å². The molecule has 0 spiro atoms. The molecule has 1 rings (SSSR count). The van der Waals surface area contributed by atoms with Crippen molar-refractivity contribution in [3.8, 4) is 0 Å². The van der Waals surface area contributed by atoms with Crippen molar-refractivity contribution < 1.29 is 4.79 Å². The van der Waals surface area contributed by atoms with Crippen molar-refractivity contribution in [3.63, 3.8) is 0 Å². The molecule has 1 atom stereocenters. The molecule has 70 valence electrons. The van der Waals surface area contributed by atoms with Crippen LogP contribution in [-0.4, -0.2) is 43.0 Å². The van der Waals surface area contributed by atoms with Crippen LogP contribution in [0, 0.1) is 0 Å². The number of nitrogens with one attached hydrogen (secondary N) is 1. The normalized spacial score (nSPS) is 24.3. The second-order valence-corrected chi connectivity index (χ2v) is 3.24. The van der Waals surface area contributed by atoms with E-state index in [0.29, 0.717) is 13.1 Å². The molecule has 3 N–H and O–H groups in total. The molecule has 0 aromatic heterocycles. The number of nitrogens with zero attached hydrogens (tertiary/aromatic N) is 1.